The Hall–Kier alpha value is -2.55. The van der Waals surface area contributed by atoms with Gasteiger partial charge in [-0.15, -0.1) is 0 Å². The van der Waals surface area contributed by atoms with Crippen molar-refractivity contribution >= 4 is 34.4 Å². The Bertz CT molecular complexity index is 1110. The van der Waals surface area contributed by atoms with Crippen molar-refractivity contribution in [3.8, 4) is 6.07 Å². The van der Waals surface area contributed by atoms with E-state index < -0.39 is 5.92 Å². The third-order valence-corrected chi connectivity index (χ3v) is 6.85. The Morgan fingerprint density at radius 1 is 1.31 bits per heavy atom. The van der Waals surface area contributed by atoms with Crippen LogP contribution in [0.2, 0.25) is 5.02 Å². The van der Waals surface area contributed by atoms with Gasteiger partial charge in [-0.2, -0.15) is 16.6 Å². The van der Waals surface area contributed by atoms with Gasteiger partial charge in [-0.25, -0.2) is 0 Å². The van der Waals surface area contributed by atoms with Crippen LogP contribution in [0.1, 0.15) is 43.7 Å². The molecule has 2 N–H and O–H groups in total. The van der Waals surface area contributed by atoms with Gasteiger partial charge in [0, 0.05) is 22.7 Å². The predicted octanol–water partition coefficient (Wildman–Crippen LogP) is 5.65. The zero-order chi connectivity index (χ0) is 20.9. The van der Waals surface area contributed by atoms with E-state index in [4.69, 9.17) is 17.3 Å². The second kappa shape index (κ2) is 7.05. The monoisotopic (exact) mass is 423 g/mol. The minimum absolute atomic E-state index is 0.0809. The lowest BCUT2D eigenvalue weighted by molar-refractivity contribution is -0.118. The van der Waals surface area contributed by atoms with Crippen LogP contribution in [0, 0.1) is 23.7 Å². The Kier molecular flexibility index (Phi) is 4.80. The summed E-state index contributed by atoms with van der Waals surface area (Å²) in [5, 5.41) is 14.6. The molecule has 6 heteroatoms. The number of thiophene rings is 1. The molecule has 148 valence electrons. The molecular weight excluding hydrogens is 402 g/mol. The molecule has 0 fully saturated rings. The van der Waals surface area contributed by atoms with Crippen LogP contribution < -0.4 is 10.6 Å². The zero-order valence-corrected chi connectivity index (χ0v) is 18.2. The van der Waals surface area contributed by atoms with Crippen molar-refractivity contribution in [3.05, 3.63) is 73.8 Å². The first-order chi connectivity index (χ1) is 13.7. The van der Waals surface area contributed by atoms with Crippen LogP contribution in [0.15, 0.2) is 57.7 Å². The summed E-state index contributed by atoms with van der Waals surface area (Å²) in [5.41, 5.74) is 11.0. The molecule has 1 aliphatic carbocycles. The van der Waals surface area contributed by atoms with Crippen molar-refractivity contribution < 1.29 is 4.79 Å². The van der Waals surface area contributed by atoms with E-state index in [9.17, 15) is 10.1 Å². The molecule has 4 nitrogen and oxygen atoms in total. The lowest BCUT2D eigenvalue weighted by Gasteiger charge is -2.44. The maximum atomic E-state index is 13.4. The Labute approximate surface area is 179 Å². The number of anilines is 1. The van der Waals surface area contributed by atoms with E-state index in [-0.39, 0.29) is 11.2 Å². The first-order valence-corrected chi connectivity index (χ1v) is 10.8. The quantitative estimate of drug-likeness (QED) is 0.677. The molecular formula is C23H22ClN3OS. The van der Waals surface area contributed by atoms with Crippen LogP contribution in [0.25, 0.3) is 0 Å². The minimum Gasteiger partial charge on any atom is -0.384 e. The lowest BCUT2D eigenvalue weighted by Crippen LogP contribution is -2.42. The first-order valence-electron chi connectivity index (χ1n) is 9.48. The fourth-order valence-corrected chi connectivity index (χ4v) is 5.25. The number of rotatable bonds is 2. The van der Waals surface area contributed by atoms with Gasteiger partial charge in [0.25, 0.3) is 0 Å². The van der Waals surface area contributed by atoms with Gasteiger partial charge in [0.2, 0.25) is 0 Å². The summed E-state index contributed by atoms with van der Waals surface area (Å²) in [6, 6.07) is 9.90. The van der Waals surface area contributed by atoms with E-state index >= 15 is 0 Å². The van der Waals surface area contributed by atoms with E-state index in [1.54, 1.807) is 11.3 Å². The molecule has 1 aromatic carbocycles. The number of hydrogen-bond donors (Lipinski definition) is 1. The third kappa shape index (κ3) is 3.17. The highest BCUT2D eigenvalue weighted by molar-refractivity contribution is 7.08. The number of halogens is 1. The number of benzene rings is 1. The Balaban J connectivity index is 2.03. The average Bonchev–Trinajstić information content (AvgIpc) is 3.17. The van der Waals surface area contributed by atoms with Gasteiger partial charge in [-0.3, -0.25) is 9.69 Å². The smallest absolute Gasteiger partial charge is 0.162 e. The van der Waals surface area contributed by atoms with Crippen LogP contribution in [0.5, 0.6) is 0 Å². The number of ketones is 1. The molecule has 2 aliphatic rings. The molecule has 0 unspecified atom stereocenters. The highest BCUT2D eigenvalue weighted by atomic mass is 35.5. The molecule has 29 heavy (non-hydrogen) atoms. The van der Waals surface area contributed by atoms with Crippen molar-refractivity contribution in [2.75, 3.05) is 4.90 Å². The average molecular weight is 424 g/mol. The van der Waals surface area contributed by atoms with Gasteiger partial charge in [-0.05, 0) is 58.8 Å². The minimum atomic E-state index is -0.416. The number of nitrogens with two attached hydrogens (primary N) is 1. The predicted molar refractivity (Wildman–Crippen MR) is 118 cm³/mol. The highest BCUT2D eigenvalue weighted by Gasteiger charge is 2.45. The van der Waals surface area contributed by atoms with E-state index in [0.717, 1.165) is 22.5 Å². The van der Waals surface area contributed by atoms with Crippen LogP contribution >= 0.6 is 22.9 Å². The van der Waals surface area contributed by atoms with Crippen LogP contribution in [0.4, 0.5) is 5.69 Å². The molecule has 1 atom stereocenters. The summed E-state index contributed by atoms with van der Waals surface area (Å²) in [7, 11) is 0. The van der Waals surface area contributed by atoms with Crippen LogP contribution in [0.3, 0.4) is 0 Å². The van der Waals surface area contributed by atoms with Gasteiger partial charge in [-0.1, -0.05) is 31.5 Å². The van der Waals surface area contributed by atoms with Crippen molar-refractivity contribution in [1.29, 1.82) is 5.26 Å². The van der Waals surface area contributed by atoms with Gasteiger partial charge in [0.1, 0.15) is 5.82 Å². The SMILES string of the molecule is Cc1c(Cl)cccc1N1C(N)=C(C#N)[C@H](c2ccsc2)C2=C1CC(C)(C)CC2=O. The molecule has 2 aromatic rings. The molecule has 1 aromatic heterocycles. The van der Waals surface area contributed by atoms with Crippen LogP contribution in [-0.2, 0) is 4.79 Å². The summed E-state index contributed by atoms with van der Waals surface area (Å²) in [5.74, 6) is 0.0382. The van der Waals surface area contributed by atoms with E-state index in [2.05, 4.69) is 19.9 Å². The fraction of sp³-hybridized carbons (Fsp3) is 0.304. The molecule has 4 rings (SSSR count). The van der Waals surface area contributed by atoms with Gasteiger partial charge in [0.05, 0.1) is 23.2 Å². The molecule has 0 saturated heterocycles. The van der Waals surface area contributed by atoms with E-state index in [1.807, 2.05) is 46.8 Å². The second-order valence-corrected chi connectivity index (χ2v) is 9.61. The van der Waals surface area contributed by atoms with Crippen molar-refractivity contribution in [3.63, 3.8) is 0 Å². The van der Waals surface area contributed by atoms with E-state index in [0.29, 0.717) is 34.8 Å². The van der Waals surface area contributed by atoms with E-state index in [1.165, 1.54) is 0 Å². The third-order valence-electron chi connectivity index (χ3n) is 5.74. The van der Waals surface area contributed by atoms with Crippen molar-refractivity contribution in [2.24, 2.45) is 11.1 Å². The molecule has 0 radical (unpaired) electrons. The largest absolute Gasteiger partial charge is 0.384 e. The lowest BCUT2D eigenvalue weighted by atomic mass is 9.69. The molecule has 0 amide bonds. The summed E-state index contributed by atoms with van der Waals surface area (Å²) in [6.45, 7) is 6.12. The normalized spacial score (nSPS) is 21.3. The molecule has 0 spiro atoms. The van der Waals surface area contributed by atoms with Crippen LogP contribution in [-0.4, -0.2) is 5.78 Å². The molecule has 2 heterocycles. The van der Waals surface area contributed by atoms with Gasteiger partial charge >= 0.3 is 0 Å². The number of carbonyl (C=O) groups is 1. The summed E-state index contributed by atoms with van der Waals surface area (Å²) in [4.78, 5) is 15.3. The summed E-state index contributed by atoms with van der Waals surface area (Å²) >= 11 is 7.94. The number of allylic oxidation sites excluding steroid dienone is 3. The Morgan fingerprint density at radius 2 is 2.07 bits per heavy atom. The van der Waals surface area contributed by atoms with Gasteiger partial charge < -0.3 is 5.73 Å². The highest BCUT2D eigenvalue weighted by Crippen LogP contribution is 2.51. The fourth-order valence-electron chi connectivity index (χ4n) is 4.39. The van der Waals surface area contributed by atoms with Crippen molar-refractivity contribution in [1.82, 2.24) is 0 Å². The standard InChI is InChI=1S/C23H22ClN3OS/c1-13-16(24)5-4-6-17(13)27-18-9-23(2,3)10-19(28)21(18)20(14-7-8-29-12-14)15(11-25)22(27)26/h4-8,12,20H,9-10,26H2,1-3H3/t20-/m0/s1. The first kappa shape index (κ1) is 19.8. The number of nitriles is 1. The zero-order valence-electron chi connectivity index (χ0n) is 16.6. The molecule has 1 aliphatic heterocycles. The number of carbonyl (C=O) groups excluding carboxylic acids is 1. The maximum Gasteiger partial charge on any atom is 0.162 e. The summed E-state index contributed by atoms with van der Waals surface area (Å²) in [6.07, 6.45) is 1.15. The summed E-state index contributed by atoms with van der Waals surface area (Å²) < 4.78 is 0. The number of nitrogens with zero attached hydrogens (tertiary/aromatic N) is 2. The maximum absolute atomic E-state index is 13.4. The molecule has 0 bridgehead atoms. The number of Topliss-reactive ketones (excluding diaryl/α,β-unsaturated/α-hetero) is 1. The number of hydrogen-bond acceptors (Lipinski definition) is 5. The van der Waals surface area contributed by atoms with Gasteiger partial charge in [0.15, 0.2) is 5.78 Å². The van der Waals surface area contributed by atoms with Crippen molar-refractivity contribution in [2.45, 2.75) is 39.5 Å². The Morgan fingerprint density at radius 3 is 2.72 bits per heavy atom. The molecule has 0 saturated carbocycles. The second-order valence-electron chi connectivity index (χ2n) is 8.42. The topological polar surface area (TPSA) is 70.1 Å².